The number of rotatable bonds is 5. The summed E-state index contributed by atoms with van der Waals surface area (Å²) in [6.07, 6.45) is 2.46. The van der Waals surface area contributed by atoms with Gasteiger partial charge in [0, 0.05) is 16.6 Å². The van der Waals surface area contributed by atoms with Gasteiger partial charge in [-0.15, -0.1) is 6.58 Å². The van der Waals surface area contributed by atoms with Gasteiger partial charge in [-0.3, -0.25) is 0 Å². The van der Waals surface area contributed by atoms with Crippen molar-refractivity contribution < 1.29 is 4.39 Å². The Morgan fingerprint density at radius 3 is 2.93 bits per heavy atom. The molecule has 1 rings (SSSR count). The summed E-state index contributed by atoms with van der Waals surface area (Å²) in [6, 6.07) is 4.56. The van der Waals surface area contributed by atoms with Gasteiger partial charge in [0.1, 0.15) is 5.82 Å². The third-order valence-electron chi connectivity index (χ3n) is 2.19. The molecule has 1 unspecified atom stereocenters. The maximum atomic E-state index is 13.5. The normalized spacial score (nSPS) is 12.5. The van der Waals surface area contributed by atoms with Crippen LogP contribution in [0, 0.1) is 5.82 Å². The van der Waals surface area contributed by atoms with Crippen LogP contribution in [0.5, 0.6) is 0 Å². The molecule has 0 aliphatic heterocycles. The predicted octanol–water partition coefficient (Wildman–Crippen LogP) is 3.71. The standard InChI is InChI=1S/C12H15ClFN/c1-3-5-12(15-4-2)10-8-9(13)6-7-11(10)14/h3,6-8,12,15H,1,4-5H2,2H3. The Balaban J connectivity index is 2.97. The molecule has 1 atom stereocenters. The molecule has 0 aromatic heterocycles. The monoisotopic (exact) mass is 227 g/mol. The molecule has 0 amide bonds. The van der Waals surface area contributed by atoms with Crippen molar-refractivity contribution in [2.45, 2.75) is 19.4 Å². The number of halogens is 2. The number of benzene rings is 1. The van der Waals surface area contributed by atoms with Crippen LogP contribution in [0.25, 0.3) is 0 Å². The van der Waals surface area contributed by atoms with E-state index in [0.29, 0.717) is 17.0 Å². The highest BCUT2D eigenvalue weighted by Crippen LogP contribution is 2.23. The van der Waals surface area contributed by atoms with Crippen LogP contribution in [0.2, 0.25) is 5.02 Å². The van der Waals surface area contributed by atoms with Gasteiger partial charge in [0.15, 0.2) is 0 Å². The average Bonchev–Trinajstić information content (AvgIpc) is 2.21. The molecule has 82 valence electrons. The molecule has 0 bridgehead atoms. The van der Waals surface area contributed by atoms with Crippen LogP contribution in [-0.4, -0.2) is 6.54 Å². The highest BCUT2D eigenvalue weighted by Gasteiger charge is 2.13. The molecule has 0 spiro atoms. The second-order valence-corrected chi connectivity index (χ2v) is 3.74. The number of nitrogens with one attached hydrogen (secondary N) is 1. The van der Waals surface area contributed by atoms with E-state index in [4.69, 9.17) is 11.6 Å². The number of hydrogen-bond acceptors (Lipinski definition) is 1. The maximum Gasteiger partial charge on any atom is 0.128 e. The molecule has 0 radical (unpaired) electrons. The number of hydrogen-bond donors (Lipinski definition) is 1. The van der Waals surface area contributed by atoms with Crippen LogP contribution in [0.4, 0.5) is 4.39 Å². The minimum Gasteiger partial charge on any atom is -0.310 e. The Morgan fingerprint density at radius 2 is 2.33 bits per heavy atom. The molecule has 0 fully saturated rings. The second-order valence-electron chi connectivity index (χ2n) is 3.30. The van der Waals surface area contributed by atoms with Crippen LogP contribution >= 0.6 is 11.6 Å². The quantitative estimate of drug-likeness (QED) is 0.757. The minimum atomic E-state index is -0.229. The summed E-state index contributed by atoms with van der Waals surface area (Å²) in [4.78, 5) is 0. The highest BCUT2D eigenvalue weighted by atomic mass is 35.5. The van der Waals surface area contributed by atoms with E-state index in [0.717, 1.165) is 6.54 Å². The first-order valence-corrected chi connectivity index (χ1v) is 5.36. The van der Waals surface area contributed by atoms with Crippen LogP contribution in [0.3, 0.4) is 0 Å². The topological polar surface area (TPSA) is 12.0 Å². The first-order valence-electron chi connectivity index (χ1n) is 4.98. The van der Waals surface area contributed by atoms with Gasteiger partial charge in [-0.2, -0.15) is 0 Å². The summed E-state index contributed by atoms with van der Waals surface area (Å²) >= 11 is 5.84. The first-order chi connectivity index (χ1) is 7.19. The second kappa shape index (κ2) is 5.89. The smallest absolute Gasteiger partial charge is 0.128 e. The fraction of sp³-hybridized carbons (Fsp3) is 0.333. The maximum absolute atomic E-state index is 13.5. The van der Waals surface area contributed by atoms with Gasteiger partial charge < -0.3 is 5.32 Å². The van der Waals surface area contributed by atoms with E-state index >= 15 is 0 Å². The molecule has 3 heteroatoms. The summed E-state index contributed by atoms with van der Waals surface area (Å²) in [5.41, 5.74) is 0.601. The first kappa shape index (κ1) is 12.2. The van der Waals surface area contributed by atoms with E-state index < -0.39 is 0 Å². The lowest BCUT2D eigenvalue weighted by Gasteiger charge is -2.17. The van der Waals surface area contributed by atoms with Crippen LogP contribution in [0.15, 0.2) is 30.9 Å². The molecule has 0 saturated heterocycles. The fourth-order valence-corrected chi connectivity index (χ4v) is 1.70. The molecule has 0 heterocycles. The van der Waals surface area contributed by atoms with Crippen molar-refractivity contribution in [1.82, 2.24) is 5.32 Å². The van der Waals surface area contributed by atoms with E-state index in [2.05, 4.69) is 11.9 Å². The van der Waals surface area contributed by atoms with E-state index in [1.54, 1.807) is 18.2 Å². The Bertz CT molecular complexity index is 338. The Morgan fingerprint density at radius 1 is 1.60 bits per heavy atom. The average molecular weight is 228 g/mol. The molecule has 1 N–H and O–H groups in total. The molecular weight excluding hydrogens is 213 g/mol. The van der Waals surface area contributed by atoms with E-state index in [-0.39, 0.29) is 11.9 Å². The molecule has 1 nitrogen and oxygen atoms in total. The van der Waals surface area contributed by atoms with Gasteiger partial charge in [0.2, 0.25) is 0 Å². The van der Waals surface area contributed by atoms with E-state index in [1.165, 1.54) is 6.07 Å². The molecule has 0 aliphatic carbocycles. The van der Waals surface area contributed by atoms with E-state index in [9.17, 15) is 4.39 Å². The zero-order valence-corrected chi connectivity index (χ0v) is 9.52. The zero-order valence-electron chi connectivity index (χ0n) is 8.76. The van der Waals surface area contributed by atoms with Crippen LogP contribution in [-0.2, 0) is 0 Å². The summed E-state index contributed by atoms with van der Waals surface area (Å²) in [5.74, 6) is -0.229. The lowest BCUT2D eigenvalue weighted by Crippen LogP contribution is -2.21. The Kier molecular flexibility index (Phi) is 4.79. The Hall–Kier alpha value is -0.860. The van der Waals surface area contributed by atoms with Crippen molar-refractivity contribution in [2.24, 2.45) is 0 Å². The fourth-order valence-electron chi connectivity index (χ4n) is 1.51. The van der Waals surface area contributed by atoms with Gasteiger partial charge in [-0.25, -0.2) is 4.39 Å². The molecule has 0 saturated carbocycles. The SMILES string of the molecule is C=CCC(NCC)c1cc(Cl)ccc1F. The summed E-state index contributed by atoms with van der Waals surface area (Å²) in [6.45, 7) is 6.43. The van der Waals surface area contributed by atoms with Gasteiger partial charge in [0.25, 0.3) is 0 Å². The van der Waals surface area contributed by atoms with Crippen molar-refractivity contribution in [3.05, 3.63) is 47.3 Å². The van der Waals surface area contributed by atoms with E-state index in [1.807, 2.05) is 6.92 Å². The molecule has 0 aliphatic rings. The summed E-state index contributed by atoms with van der Waals surface area (Å²) in [5, 5.41) is 3.75. The van der Waals surface area contributed by atoms with Gasteiger partial charge in [0.05, 0.1) is 0 Å². The van der Waals surface area contributed by atoms with Crippen molar-refractivity contribution in [1.29, 1.82) is 0 Å². The lowest BCUT2D eigenvalue weighted by molar-refractivity contribution is 0.516. The third-order valence-corrected chi connectivity index (χ3v) is 2.42. The molecule has 1 aromatic rings. The third kappa shape index (κ3) is 3.33. The van der Waals surface area contributed by atoms with Gasteiger partial charge in [-0.05, 0) is 31.2 Å². The van der Waals surface area contributed by atoms with Crippen LogP contribution < -0.4 is 5.32 Å². The van der Waals surface area contributed by atoms with Crippen molar-refractivity contribution >= 4 is 11.6 Å². The molecular formula is C12H15ClFN. The lowest BCUT2D eigenvalue weighted by atomic mass is 10.0. The van der Waals surface area contributed by atoms with Crippen molar-refractivity contribution in [2.75, 3.05) is 6.54 Å². The predicted molar refractivity (Wildman–Crippen MR) is 62.6 cm³/mol. The Labute approximate surface area is 95.0 Å². The zero-order chi connectivity index (χ0) is 11.3. The summed E-state index contributed by atoms with van der Waals surface area (Å²) < 4.78 is 13.5. The minimum absolute atomic E-state index is 0.0498. The molecule has 1 aromatic carbocycles. The molecule has 15 heavy (non-hydrogen) atoms. The largest absolute Gasteiger partial charge is 0.310 e. The van der Waals surface area contributed by atoms with Crippen molar-refractivity contribution in [3.8, 4) is 0 Å². The summed E-state index contributed by atoms with van der Waals surface area (Å²) in [7, 11) is 0. The van der Waals surface area contributed by atoms with Gasteiger partial charge >= 0.3 is 0 Å². The van der Waals surface area contributed by atoms with Gasteiger partial charge in [-0.1, -0.05) is 24.6 Å². The highest BCUT2D eigenvalue weighted by molar-refractivity contribution is 6.30. The van der Waals surface area contributed by atoms with Crippen molar-refractivity contribution in [3.63, 3.8) is 0 Å². The van der Waals surface area contributed by atoms with Crippen LogP contribution in [0.1, 0.15) is 24.9 Å².